The van der Waals surface area contributed by atoms with Crippen molar-refractivity contribution < 1.29 is 14.6 Å². The Kier molecular flexibility index (Phi) is 16.8. The molecule has 0 saturated carbocycles. The first-order valence-electron chi connectivity index (χ1n) is 7.36. The van der Waals surface area contributed by atoms with Gasteiger partial charge in [-0.15, -0.1) is 0 Å². The van der Waals surface area contributed by atoms with E-state index in [-0.39, 0.29) is 5.97 Å². The van der Waals surface area contributed by atoms with E-state index in [9.17, 15) is 4.79 Å². The normalized spacial score (nSPS) is 10.4. The first-order chi connectivity index (χ1) is 9.81. The van der Waals surface area contributed by atoms with Gasteiger partial charge in [0.05, 0.1) is 6.61 Å². The zero-order chi connectivity index (χ0) is 14.9. The zero-order valence-electron chi connectivity index (χ0n) is 12.3. The van der Waals surface area contributed by atoms with E-state index >= 15 is 0 Å². The lowest BCUT2D eigenvalue weighted by atomic mass is 10.1. The van der Waals surface area contributed by atoms with Crippen LogP contribution in [0.2, 0.25) is 0 Å². The van der Waals surface area contributed by atoms with Crippen molar-refractivity contribution in [1.29, 1.82) is 0 Å². The summed E-state index contributed by atoms with van der Waals surface area (Å²) in [5.74, 6) is 3.75. The van der Waals surface area contributed by atoms with Crippen LogP contribution in [0.5, 0.6) is 0 Å². The van der Waals surface area contributed by atoms with Gasteiger partial charge in [-0.3, -0.25) is 0 Å². The van der Waals surface area contributed by atoms with Crippen molar-refractivity contribution in [3.8, 4) is 0 Å². The molecule has 0 bridgehead atoms. The van der Waals surface area contributed by atoms with Crippen molar-refractivity contribution in [2.45, 2.75) is 38.5 Å². The first kappa shape index (κ1) is 19.9. The monoisotopic (exact) mass is 320 g/mol. The maximum atomic E-state index is 10.8. The maximum Gasteiger partial charge on any atom is 0.330 e. The number of rotatable bonds is 15. The summed E-state index contributed by atoms with van der Waals surface area (Å²) in [4.78, 5) is 10.8. The van der Waals surface area contributed by atoms with Gasteiger partial charge in [-0.25, -0.2) is 4.79 Å². The van der Waals surface area contributed by atoms with E-state index in [2.05, 4.69) is 6.58 Å². The molecular weight excluding hydrogens is 292 g/mol. The highest BCUT2D eigenvalue weighted by atomic mass is 32.2. The summed E-state index contributed by atoms with van der Waals surface area (Å²) in [6.45, 7) is 4.14. The molecule has 118 valence electrons. The molecule has 0 amide bonds. The van der Waals surface area contributed by atoms with Gasteiger partial charge in [0.15, 0.2) is 0 Å². The first-order valence-corrected chi connectivity index (χ1v) is 9.67. The van der Waals surface area contributed by atoms with Crippen LogP contribution in [0.4, 0.5) is 0 Å². The average molecular weight is 321 g/mol. The number of carbonyl (C=O) groups is 1. The molecule has 0 atom stereocenters. The van der Waals surface area contributed by atoms with E-state index in [0.29, 0.717) is 13.2 Å². The van der Waals surface area contributed by atoms with Crippen LogP contribution in [-0.4, -0.2) is 47.3 Å². The smallest absolute Gasteiger partial charge is 0.330 e. The lowest BCUT2D eigenvalue weighted by Crippen LogP contribution is -2.03. The number of carbonyl (C=O) groups excluding carboxylic acids is 1. The fourth-order valence-electron chi connectivity index (χ4n) is 1.64. The number of ether oxygens (including phenoxy) is 1. The van der Waals surface area contributed by atoms with Crippen LogP contribution < -0.4 is 0 Å². The number of hydrogen-bond donors (Lipinski definition) is 1. The minimum absolute atomic E-state index is 0.301. The van der Waals surface area contributed by atoms with Crippen molar-refractivity contribution in [3.05, 3.63) is 12.7 Å². The van der Waals surface area contributed by atoms with Crippen LogP contribution in [0.15, 0.2) is 12.7 Å². The fourth-order valence-corrected chi connectivity index (χ4v) is 3.20. The van der Waals surface area contributed by atoms with Crippen LogP contribution in [0.3, 0.4) is 0 Å². The van der Waals surface area contributed by atoms with Gasteiger partial charge < -0.3 is 9.84 Å². The van der Waals surface area contributed by atoms with Crippen LogP contribution in [0, 0.1) is 0 Å². The Bertz CT molecular complexity index is 235. The van der Waals surface area contributed by atoms with Gasteiger partial charge >= 0.3 is 5.97 Å². The van der Waals surface area contributed by atoms with E-state index in [1.165, 1.54) is 50.4 Å². The molecule has 0 aliphatic heterocycles. The second kappa shape index (κ2) is 16.9. The minimum atomic E-state index is -0.331. The number of hydrogen-bond acceptors (Lipinski definition) is 5. The van der Waals surface area contributed by atoms with E-state index in [1.807, 2.05) is 23.5 Å². The van der Waals surface area contributed by atoms with Gasteiger partial charge in [0.2, 0.25) is 0 Å². The summed E-state index contributed by atoms with van der Waals surface area (Å²) in [5.41, 5.74) is 0. The molecule has 0 aromatic rings. The summed E-state index contributed by atoms with van der Waals surface area (Å²) >= 11 is 3.69. The Hall–Kier alpha value is -0.130. The minimum Gasteiger partial charge on any atom is -0.462 e. The summed E-state index contributed by atoms with van der Waals surface area (Å²) in [7, 11) is 0. The van der Waals surface area contributed by atoms with E-state index in [0.717, 1.165) is 17.3 Å². The second-order valence-corrected chi connectivity index (χ2v) is 6.89. The quantitative estimate of drug-likeness (QED) is 0.284. The van der Waals surface area contributed by atoms with E-state index in [4.69, 9.17) is 9.84 Å². The third-order valence-corrected chi connectivity index (χ3v) is 4.78. The molecule has 0 aromatic carbocycles. The highest BCUT2D eigenvalue weighted by molar-refractivity contribution is 7.99. The summed E-state index contributed by atoms with van der Waals surface area (Å²) < 4.78 is 4.90. The second-order valence-electron chi connectivity index (χ2n) is 4.44. The summed E-state index contributed by atoms with van der Waals surface area (Å²) in [6.07, 6.45) is 8.96. The van der Waals surface area contributed by atoms with Gasteiger partial charge in [-0.05, 0) is 24.3 Å². The van der Waals surface area contributed by atoms with Crippen molar-refractivity contribution >= 4 is 29.5 Å². The molecule has 0 aliphatic carbocycles. The van der Waals surface area contributed by atoms with E-state index < -0.39 is 0 Å². The Morgan fingerprint density at radius 2 is 1.50 bits per heavy atom. The highest BCUT2D eigenvalue weighted by Gasteiger charge is 1.96. The molecule has 0 spiro atoms. The van der Waals surface area contributed by atoms with Crippen molar-refractivity contribution in [3.63, 3.8) is 0 Å². The molecule has 0 fully saturated rings. The molecule has 20 heavy (non-hydrogen) atoms. The van der Waals surface area contributed by atoms with Crippen LogP contribution in [0.25, 0.3) is 0 Å². The van der Waals surface area contributed by atoms with Gasteiger partial charge in [-0.2, -0.15) is 23.5 Å². The van der Waals surface area contributed by atoms with Crippen molar-refractivity contribution in [2.75, 3.05) is 36.2 Å². The Morgan fingerprint density at radius 1 is 0.950 bits per heavy atom. The molecule has 0 rings (SSSR count). The topological polar surface area (TPSA) is 46.5 Å². The average Bonchev–Trinajstić information content (AvgIpc) is 2.47. The summed E-state index contributed by atoms with van der Waals surface area (Å²) in [5, 5.41) is 8.63. The number of aliphatic hydroxyl groups is 1. The molecule has 0 radical (unpaired) electrons. The van der Waals surface area contributed by atoms with Crippen LogP contribution >= 0.6 is 23.5 Å². The Labute approximate surface area is 131 Å². The lowest BCUT2D eigenvalue weighted by molar-refractivity contribution is -0.137. The number of aliphatic hydroxyl groups excluding tert-OH is 1. The molecule has 1 N–H and O–H groups in total. The Morgan fingerprint density at radius 3 is 2.05 bits per heavy atom. The molecule has 0 aliphatic rings. The predicted octanol–water partition coefficient (Wildman–Crippen LogP) is 3.51. The molecule has 0 unspecified atom stereocenters. The lowest BCUT2D eigenvalue weighted by Gasteiger charge is -2.03. The largest absolute Gasteiger partial charge is 0.462 e. The maximum absolute atomic E-state index is 10.8. The fraction of sp³-hybridized carbons (Fsp3) is 0.800. The van der Waals surface area contributed by atoms with Crippen molar-refractivity contribution in [2.24, 2.45) is 0 Å². The highest BCUT2D eigenvalue weighted by Crippen LogP contribution is 2.11. The molecule has 5 heteroatoms. The van der Waals surface area contributed by atoms with Crippen LogP contribution in [-0.2, 0) is 9.53 Å². The third-order valence-electron chi connectivity index (χ3n) is 2.70. The predicted molar refractivity (Wildman–Crippen MR) is 90.6 cm³/mol. The zero-order valence-corrected chi connectivity index (χ0v) is 14.0. The Balaban J connectivity index is 2.99. The molecular formula is C15H28O3S2. The van der Waals surface area contributed by atoms with Gasteiger partial charge in [0.1, 0.15) is 6.61 Å². The van der Waals surface area contributed by atoms with Gasteiger partial charge in [-0.1, -0.05) is 32.3 Å². The molecule has 0 aromatic heterocycles. The van der Waals surface area contributed by atoms with Gasteiger partial charge in [0, 0.05) is 17.6 Å². The van der Waals surface area contributed by atoms with Crippen molar-refractivity contribution in [1.82, 2.24) is 0 Å². The van der Waals surface area contributed by atoms with E-state index in [1.54, 1.807) is 0 Å². The number of thioether (sulfide) groups is 2. The third kappa shape index (κ3) is 15.9. The standard InChI is InChI=1S/C15H28O3S2/c1-2-15(17)18-10-14-20-12-8-6-4-3-5-7-11-19-13-9-16/h2,16H,1,3-14H2. The van der Waals surface area contributed by atoms with Gasteiger partial charge in [0.25, 0.3) is 0 Å². The summed E-state index contributed by atoms with van der Waals surface area (Å²) in [6, 6.07) is 0. The molecule has 0 saturated heterocycles. The SMILES string of the molecule is C=CC(=O)OCCSCCCCCCCCSCCO. The molecule has 0 heterocycles. The number of unbranched alkanes of at least 4 members (excludes halogenated alkanes) is 5. The van der Waals surface area contributed by atoms with Crippen LogP contribution in [0.1, 0.15) is 38.5 Å². The number of esters is 1. The molecule has 3 nitrogen and oxygen atoms in total.